The van der Waals surface area contributed by atoms with Gasteiger partial charge >= 0.3 is 22.2 Å². The van der Waals surface area contributed by atoms with E-state index in [1.807, 2.05) is 0 Å². The first-order valence-electron chi connectivity index (χ1n) is 6.26. The third kappa shape index (κ3) is 4.25. The predicted molar refractivity (Wildman–Crippen MR) is 76.5 cm³/mol. The fourth-order valence-corrected chi connectivity index (χ4v) is 2.89. The largest absolute Gasteiger partial charge is 0.747 e. The summed E-state index contributed by atoms with van der Waals surface area (Å²) in [5, 5.41) is 10.0. The average Bonchev–Trinajstić information content (AvgIpc) is 2.80. The zero-order chi connectivity index (χ0) is 17.9. The van der Waals surface area contributed by atoms with Crippen molar-refractivity contribution in [3.05, 3.63) is 34.7 Å². The van der Waals surface area contributed by atoms with Gasteiger partial charge in [-0.3, -0.25) is 4.57 Å². The van der Waals surface area contributed by atoms with E-state index < -0.39 is 47.2 Å². The fourth-order valence-electron chi connectivity index (χ4n) is 1.97. The van der Waals surface area contributed by atoms with Crippen LogP contribution in [0.3, 0.4) is 0 Å². The van der Waals surface area contributed by atoms with Crippen molar-refractivity contribution in [2.45, 2.75) is 18.4 Å². The second-order valence-corrected chi connectivity index (χ2v) is 6.30. The van der Waals surface area contributed by atoms with Gasteiger partial charge in [0, 0.05) is 20.9 Å². The van der Waals surface area contributed by atoms with Crippen molar-refractivity contribution >= 4 is 22.3 Å². The number of ether oxygens (including phenoxy) is 1. The molecule has 2 unspecified atom stereocenters. The number of aliphatic hydroxyl groups excluding tert-OH is 1. The maximum Gasteiger partial charge on any atom is 0.747 e. The number of hydrogen-bond acceptors (Lipinski definition) is 9. The Kier molecular flexibility index (Phi) is 6.19. The number of rotatable bonds is 6. The Morgan fingerprint density at radius 3 is 2.83 bits per heavy atom. The quantitative estimate of drug-likeness (QED) is 0.581. The van der Waals surface area contributed by atoms with Crippen LogP contribution in [0.1, 0.15) is 6.23 Å². The van der Waals surface area contributed by atoms with Gasteiger partial charge < -0.3 is 15.6 Å². The molecule has 1 fully saturated rings. The van der Waals surface area contributed by atoms with E-state index in [1.54, 1.807) is 0 Å². The van der Waals surface area contributed by atoms with E-state index in [-0.39, 0.29) is 17.7 Å². The summed E-state index contributed by atoms with van der Waals surface area (Å²) in [6, 6.07) is 1.28. The molecule has 5 atom stereocenters. The van der Waals surface area contributed by atoms with Gasteiger partial charge in [0.15, 0.2) is 10.5 Å². The number of hydrogen-bond donors (Lipinski definition) is 3. The van der Waals surface area contributed by atoms with Crippen molar-refractivity contribution in [2.24, 2.45) is 0 Å². The van der Waals surface area contributed by atoms with Crippen LogP contribution >= 0.6 is 16.5 Å². The maximum absolute atomic E-state index is 13.1. The van der Waals surface area contributed by atoms with Crippen molar-refractivity contribution < 1.29 is 37.1 Å². The Labute approximate surface area is 135 Å². The lowest BCUT2D eigenvalue weighted by molar-refractivity contribution is -0.0397. The molecule has 0 aromatic carbocycles. The molecule has 2 rings (SSSR count). The van der Waals surface area contributed by atoms with Gasteiger partial charge in [-0.25, -0.2) is 9.18 Å². The monoisotopic (exact) mass is 383 g/mol. The summed E-state index contributed by atoms with van der Waals surface area (Å²) in [5.74, 6) is -0.0484. The van der Waals surface area contributed by atoms with Gasteiger partial charge in [0.25, 0.3) is 0 Å². The molecule has 1 aromatic rings. The summed E-state index contributed by atoms with van der Waals surface area (Å²) in [4.78, 5) is 23.7. The van der Waals surface area contributed by atoms with Crippen molar-refractivity contribution in [3.8, 4) is 0 Å². The number of anilines is 1. The van der Waals surface area contributed by atoms with E-state index >= 15 is 0 Å². The number of aliphatic hydroxyl groups is 1. The lowest BCUT2D eigenvalue weighted by atomic mass is 10.1. The molecule has 1 saturated heterocycles. The zero-order valence-corrected chi connectivity index (χ0v) is 13.5. The van der Waals surface area contributed by atoms with Crippen LogP contribution in [0.15, 0.2) is 29.0 Å². The van der Waals surface area contributed by atoms with Crippen LogP contribution in [0.5, 0.6) is 0 Å². The third-order valence-electron chi connectivity index (χ3n) is 2.99. The normalized spacial score (nSPS) is 26.6. The highest BCUT2D eigenvalue weighted by Crippen LogP contribution is 2.39. The molecule has 1 aromatic heterocycles. The summed E-state index contributed by atoms with van der Waals surface area (Å²) >= 11 is 0. The maximum atomic E-state index is 13.1. The van der Waals surface area contributed by atoms with E-state index in [0.717, 1.165) is 4.57 Å². The number of nitrogens with zero attached hydrogens (tertiary/aromatic N) is 2. The molecule has 0 bridgehead atoms. The molecule has 11 nitrogen and oxygen atoms in total. The molecule has 0 saturated carbocycles. The standard InChI is InChI=1S/C10H10FN3O8P2/c11-3-5-8(15)6(4-20-24(19)22-23(17)18)21-9(5)14-2-1-7(12)13-10(14)16/h1-3,6,8-9,15H,4H2,(H-2,12,13,16,17,18)/p+2/t6-,8+,9-/m1/s1. The van der Waals surface area contributed by atoms with Crippen molar-refractivity contribution in [1.29, 1.82) is 0 Å². The molecule has 2 heterocycles. The molecule has 130 valence electrons. The van der Waals surface area contributed by atoms with Crippen LogP contribution < -0.4 is 11.4 Å². The molecule has 0 spiro atoms. The van der Waals surface area contributed by atoms with E-state index in [4.69, 9.17) is 15.4 Å². The summed E-state index contributed by atoms with van der Waals surface area (Å²) in [5.41, 5.74) is 4.23. The summed E-state index contributed by atoms with van der Waals surface area (Å²) in [7, 11) is -6.08. The van der Waals surface area contributed by atoms with Crippen LogP contribution in [0.4, 0.5) is 10.2 Å². The van der Waals surface area contributed by atoms with Crippen LogP contribution in [0.25, 0.3) is 0 Å². The molecule has 0 radical (unpaired) electrons. The first kappa shape index (κ1) is 18.7. The summed E-state index contributed by atoms with van der Waals surface area (Å²) < 4.78 is 49.4. The van der Waals surface area contributed by atoms with Crippen molar-refractivity contribution in [3.63, 3.8) is 0 Å². The molecule has 14 heteroatoms. The van der Waals surface area contributed by atoms with Crippen molar-refractivity contribution in [2.75, 3.05) is 12.3 Å². The highest BCUT2D eigenvalue weighted by atomic mass is 31.2. The highest BCUT2D eigenvalue weighted by Gasteiger charge is 2.44. The number of nitrogen functional groups attached to an aromatic ring is 1. The highest BCUT2D eigenvalue weighted by molar-refractivity contribution is 7.47. The molecular weight excluding hydrogens is 371 g/mol. The molecule has 0 amide bonds. The Hall–Kier alpha value is -1.65. The molecule has 4 N–H and O–H groups in total. The van der Waals surface area contributed by atoms with Gasteiger partial charge in [0.2, 0.25) is 0 Å². The molecule has 1 aliphatic heterocycles. The van der Waals surface area contributed by atoms with E-state index in [2.05, 4.69) is 13.8 Å². The molecular formula is C10H12FN3O8P2+2. The fraction of sp³-hybridized carbons (Fsp3) is 0.400. The Balaban J connectivity index is 2.14. The Bertz CT molecular complexity index is 741. The van der Waals surface area contributed by atoms with Gasteiger partial charge in [-0.05, 0) is 6.07 Å². The SMILES string of the molecule is Nc1ccn([C@@H]2O[C@H](CO[P+](=O)O[P+](=O)O)[C@@H](O)C2=CF)c(=O)n1. The average molecular weight is 383 g/mol. The van der Waals surface area contributed by atoms with E-state index in [1.165, 1.54) is 12.3 Å². The molecule has 1 aliphatic rings. The third-order valence-corrected chi connectivity index (χ3v) is 4.45. The van der Waals surface area contributed by atoms with Crippen LogP contribution in [-0.2, 0) is 22.7 Å². The first-order chi connectivity index (χ1) is 11.3. The first-order valence-corrected chi connectivity index (χ1v) is 8.48. The molecule has 0 aliphatic carbocycles. The lowest BCUT2D eigenvalue weighted by Gasteiger charge is -2.14. The van der Waals surface area contributed by atoms with Crippen LogP contribution in [0, 0.1) is 0 Å². The number of nitrogens with two attached hydrogens (primary N) is 1. The predicted octanol–water partition coefficient (Wildman–Crippen LogP) is 0.277. The van der Waals surface area contributed by atoms with E-state index in [0.29, 0.717) is 0 Å². The number of halogens is 1. The lowest BCUT2D eigenvalue weighted by Crippen LogP contribution is -2.28. The minimum absolute atomic E-state index is 0.0484. The van der Waals surface area contributed by atoms with Gasteiger partial charge in [0.1, 0.15) is 24.6 Å². The minimum Gasteiger partial charge on any atom is -0.386 e. The smallest absolute Gasteiger partial charge is 0.386 e. The van der Waals surface area contributed by atoms with Crippen LogP contribution in [0.2, 0.25) is 0 Å². The van der Waals surface area contributed by atoms with Crippen LogP contribution in [-0.4, -0.2) is 38.4 Å². The Morgan fingerprint density at radius 2 is 2.25 bits per heavy atom. The topological polar surface area (TPSA) is 163 Å². The second kappa shape index (κ2) is 7.95. The van der Waals surface area contributed by atoms with Gasteiger partial charge in [-0.1, -0.05) is 0 Å². The van der Waals surface area contributed by atoms with E-state index in [9.17, 15) is 23.4 Å². The molecule has 24 heavy (non-hydrogen) atoms. The second-order valence-electron chi connectivity index (χ2n) is 4.46. The summed E-state index contributed by atoms with van der Waals surface area (Å²) in [6.07, 6.45) is -2.77. The Morgan fingerprint density at radius 1 is 1.54 bits per heavy atom. The number of aromatic nitrogens is 2. The van der Waals surface area contributed by atoms with Gasteiger partial charge in [-0.2, -0.15) is 4.98 Å². The summed E-state index contributed by atoms with van der Waals surface area (Å²) in [6.45, 7) is -0.551. The van der Waals surface area contributed by atoms with Gasteiger partial charge in [0.05, 0.1) is 6.33 Å². The zero-order valence-electron chi connectivity index (χ0n) is 11.8. The van der Waals surface area contributed by atoms with Crippen molar-refractivity contribution in [1.82, 2.24) is 9.55 Å². The van der Waals surface area contributed by atoms with Gasteiger partial charge in [-0.15, -0.1) is 9.42 Å². The minimum atomic E-state index is -3.14.